The Kier molecular flexibility index (Phi) is 7.09. The number of pyridine rings is 2. The van der Waals surface area contributed by atoms with Crippen LogP contribution in [0, 0.1) is 0 Å². The number of nitrogens with zero attached hydrogens (tertiary/aromatic N) is 2. The molecule has 0 aliphatic rings. The van der Waals surface area contributed by atoms with Gasteiger partial charge in [0.15, 0.2) is 0 Å². The molecule has 0 bridgehead atoms. The van der Waals surface area contributed by atoms with Crippen LogP contribution in [0.25, 0.3) is 0 Å². The molecule has 3 N–H and O–H groups in total. The van der Waals surface area contributed by atoms with Crippen LogP contribution in [-0.2, 0) is 29.6 Å². The average molecular weight is 389 g/mol. The number of amides is 1. The van der Waals surface area contributed by atoms with Gasteiger partial charge in [0.25, 0.3) is 0 Å². The van der Waals surface area contributed by atoms with Gasteiger partial charge in [0.05, 0.1) is 0 Å². The summed E-state index contributed by atoms with van der Waals surface area (Å²) in [4.78, 5) is 21.0. The lowest BCUT2D eigenvalue weighted by Gasteiger charge is -2.33. The zero-order valence-corrected chi connectivity index (χ0v) is 16.8. The van der Waals surface area contributed by atoms with Gasteiger partial charge in [-0.05, 0) is 66.1 Å². The average Bonchev–Trinajstić information content (AvgIpc) is 2.77. The third kappa shape index (κ3) is 5.27. The number of rotatable bonds is 10. The van der Waals surface area contributed by atoms with Gasteiger partial charge in [-0.1, -0.05) is 37.3 Å². The van der Waals surface area contributed by atoms with E-state index in [-0.39, 0.29) is 5.91 Å². The first-order chi connectivity index (χ1) is 14.1. The van der Waals surface area contributed by atoms with Crippen molar-refractivity contribution in [3.8, 4) is 0 Å². The summed E-state index contributed by atoms with van der Waals surface area (Å²) in [6.07, 6.45) is 10.2. The van der Waals surface area contributed by atoms with E-state index in [1.807, 2.05) is 42.6 Å². The number of aromatic nitrogens is 2. The lowest BCUT2D eigenvalue weighted by molar-refractivity contribution is -0.125. The standard InChI is InChI=1S/C24H28N4O/c1-2-19-5-7-22(8-6-19)24(23(25)29,13-9-20-10-15-26-16-11-20)28-17-12-21-4-3-14-27-18-21/h3-8,10-11,14-16,18,28H,2,9,12-13,17H2,1H3,(H2,25,29). The maximum atomic E-state index is 12.8. The first-order valence-electron chi connectivity index (χ1n) is 10.1. The highest BCUT2D eigenvalue weighted by molar-refractivity contribution is 5.86. The molecule has 1 amide bonds. The quantitative estimate of drug-likeness (QED) is 0.559. The number of nitrogens with two attached hydrogens (primary N) is 1. The van der Waals surface area contributed by atoms with E-state index in [2.05, 4.69) is 34.3 Å². The van der Waals surface area contributed by atoms with Crippen LogP contribution in [0.5, 0.6) is 0 Å². The van der Waals surface area contributed by atoms with Crippen molar-refractivity contribution in [3.63, 3.8) is 0 Å². The Bertz CT molecular complexity index is 897. The molecule has 0 aliphatic carbocycles. The molecular formula is C24H28N4O. The molecular weight excluding hydrogens is 360 g/mol. The van der Waals surface area contributed by atoms with Crippen molar-refractivity contribution in [1.29, 1.82) is 0 Å². The van der Waals surface area contributed by atoms with Gasteiger partial charge < -0.3 is 5.73 Å². The number of benzene rings is 1. The van der Waals surface area contributed by atoms with Gasteiger partial charge in [-0.25, -0.2) is 0 Å². The largest absolute Gasteiger partial charge is 0.368 e. The summed E-state index contributed by atoms with van der Waals surface area (Å²) in [6, 6.07) is 16.1. The molecule has 0 saturated carbocycles. The van der Waals surface area contributed by atoms with Crippen molar-refractivity contribution in [2.45, 2.75) is 38.1 Å². The molecule has 150 valence electrons. The number of nitrogens with one attached hydrogen (secondary N) is 1. The molecule has 29 heavy (non-hydrogen) atoms. The van der Waals surface area contributed by atoms with Crippen molar-refractivity contribution in [3.05, 3.63) is 95.6 Å². The number of primary amides is 1. The normalized spacial score (nSPS) is 13.0. The summed E-state index contributed by atoms with van der Waals surface area (Å²) in [5, 5.41) is 3.49. The van der Waals surface area contributed by atoms with Gasteiger partial charge in [0.2, 0.25) is 5.91 Å². The first-order valence-corrected chi connectivity index (χ1v) is 10.1. The van der Waals surface area contributed by atoms with E-state index in [1.165, 1.54) is 5.56 Å². The Hall–Kier alpha value is -3.05. The Labute approximate surface area is 172 Å². The summed E-state index contributed by atoms with van der Waals surface area (Å²) < 4.78 is 0. The molecule has 0 fully saturated rings. The summed E-state index contributed by atoms with van der Waals surface area (Å²) >= 11 is 0. The van der Waals surface area contributed by atoms with Crippen LogP contribution in [0.3, 0.4) is 0 Å². The summed E-state index contributed by atoms with van der Waals surface area (Å²) in [5.74, 6) is -0.359. The van der Waals surface area contributed by atoms with Crippen LogP contribution in [0.4, 0.5) is 0 Å². The van der Waals surface area contributed by atoms with Crippen LogP contribution in [0.1, 0.15) is 35.6 Å². The second-order valence-electron chi connectivity index (χ2n) is 7.21. The van der Waals surface area contributed by atoms with Crippen molar-refractivity contribution in [1.82, 2.24) is 15.3 Å². The first kappa shape index (κ1) is 20.7. The summed E-state index contributed by atoms with van der Waals surface area (Å²) in [6.45, 7) is 2.74. The molecule has 5 nitrogen and oxygen atoms in total. The maximum absolute atomic E-state index is 12.8. The molecule has 0 aliphatic heterocycles. The fourth-order valence-electron chi connectivity index (χ4n) is 3.56. The van der Waals surface area contributed by atoms with Crippen molar-refractivity contribution >= 4 is 5.91 Å². The number of carbonyl (C=O) groups is 1. The summed E-state index contributed by atoms with van der Waals surface area (Å²) in [7, 11) is 0. The van der Waals surface area contributed by atoms with Crippen molar-refractivity contribution < 1.29 is 4.79 Å². The lowest BCUT2D eigenvalue weighted by Crippen LogP contribution is -2.53. The molecule has 0 spiro atoms. The number of aryl methyl sites for hydroxylation is 2. The van der Waals surface area contributed by atoms with E-state index < -0.39 is 5.54 Å². The highest BCUT2D eigenvalue weighted by Gasteiger charge is 2.37. The third-order valence-electron chi connectivity index (χ3n) is 5.38. The summed E-state index contributed by atoms with van der Waals surface area (Å²) in [5.41, 5.74) is 9.45. The Morgan fingerprint density at radius 2 is 1.69 bits per heavy atom. The zero-order valence-electron chi connectivity index (χ0n) is 16.8. The molecule has 1 unspecified atom stereocenters. The van der Waals surface area contributed by atoms with Gasteiger partial charge in [-0.2, -0.15) is 0 Å². The minimum atomic E-state index is -0.933. The second kappa shape index (κ2) is 9.94. The Morgan fingerprint density at radius 1 is 0.931 bits per heavy atom. The van der Waals surface area contributed by atoms with E-state index in [4.69, 9.17) is 5.73 Å². The third-order valence-corrected chi connectivity index (χ3v) is 5.38. The molecule has 1 aromatic carbocycles. The van der Waals surface area contributed by atoms with Gasteiger partial charge >= 0.3 is 0 Å². The van der Waals surface area contributed by atoms with E-state index in [1.54, 1.807) is 18.6 Å². The van der Waals surface area contributed by atoms with Crippen molar-refractivity contribution in [2.24, 2.45) is 5.73 Å². The number of hydrogen-bond donors (Lipinski definition) is 2. The lowest BCUT2D eigenvalue weighted by atomic mass is 9.82. The monoisotopic (exact) mass is 388 g/mol. The van der Waals surface area contributed by atoms with Gasteiger partial charge in [-0.3, -0.25) is 20.1 Å². The predicted molar refractivity (Wildman–Crippen MR) is 115 cm³/mol. The molecule has 5 heteroatoms. The molecule has 2 heterocycles. The SMILES string of the molecule is CCc1ccc(C(CCc2ccncc2)(NCCc2cccnc2)C(N)=O)cc1. The minimum Gasteiger partial charge on any atom is -0.368 e. The molecule has 0 saturated heterocycles. The van der Waals surface area contributed by atoms with Crippen LogP contribution >= 0.6 is 0 Å². The number of hydrogen-bond acceptors (Lipinski definition) is 4. The van der Waals surface area contributed by atoms with Crippen LogP contribution in [0.2, 0.25) is 0 Å². The Morgan fingerprint density at radius 3 is 2.31 bits per heavy atom. The Balaban J connectivity index is 1.84. The molecule has 2 aromatic heterocycles. The highest BCUT2D eigenvalue weighted by atomic mass is 16.1. The van der Waals surface area contributed by atoms with E-state index >= 15 is 0 Å². The zero-order chi connectivity index (χ0) is 20.5. The number of carbonyl (C=O) groups excluding carboxylic acids is 1. The van der Waals surface area contributed by atoms with Gasteiger partial charge in [0, 0.05) is 31.3 Å². The van der Waals surface area contributed by atoms with Crippen LogP contribution < -0.4 is 11.1 Å². The maximum Gasteiger partial charge on any atom is 0.242 e. The highest BCUT2D eigenvalue weighted by Crippen LogP contribution is 2.28. The van der Waals surface area contributed by atoms with E-state index in [0.29, 0.717) is 13.0 Å². The van der Waals surface area contributed by atoms with E-state index in [0.717, 1.165) is 36.0 Å². The minimum absolute atomic E-state index is 0.359. The molecule has 1 atom stereocenters. The second-order valence-corrected chi connectivity index (χ2v) is 7.21. The van der Waals surface area contributed by atoms with Gasteiger partial charge in [-0.15, -0.1) is 0 Å². The van der Waals surface area contributed by atoms with Gasteiger partial charge in [0.1, 0.15) is 5.54 Å². The molecule has 0 radical (unpaired) electrons. The van der Waals surface area contributed by atoms with Crippen LogP contribution in [-0.4, -0.2) is 22.4 Å². The predicted octanol–water partition coefficient (Wildman–Crippen LogP) is 3.18. The van der Waals surface area contributed by atoms with E-state index in [9.17, 15) is 4.79 Å². The fourth-order valence-corrected chi connectivity index (χ4v) is 3.56. The van der Waals surface area contributed by atoms with Crippen LogP contribution in [0.15, 0.2) is 73.3 Å². The topological polar surface area (TPSA) is 80.9 Å². The van der Waals surface area contributed by atoms with Crippen molar-refractivity contribution in [2.75, 3.05) is 6.54 Å². The molecule has 3 rings (SSSR count). The smallest absolute Gasteiger partial charge is 0.242 e. The fraction of sp³-hybridized carbons (Fsp3) is 0.292. The molecule has 3 aromatic rings.